The third kappa shape index (κ3) is 3.81. The molecule has 0 radical (unpaired) electrons. The lowest BCUT2D eigenvalue weighted by molar-refractivity contribution is -0.122. The number of aryl methyl sites for hydroxylation is 1. The highest BCUT2D eigenvalue weighted by Crippen LogP contribution is 2.29. The second-order valence-corrected chi connectivity index (χ2v) is 8.44. The van der Waals surface area contributed by atoms with Crippen LogP contribution >= 0.6 is 0 Å². The van der Waals surface area contributed by atoms with E-state index in [1.54, 1.807) is 24.8 Å². The topological polar surface area (TPSA) is 96.5 Å². The zero-order valence-electron chi connectivity index (χ0n) is 19.0. The largest absolute Gasteiger partial charge is 0.497 e. The number of nitrogens with one attached hydrogen (secondary N) is 1. The maximum absolute atomic E-state index is 13.5. The van der Waals surface area contributed by atoms with Crippen LogP contribution in [0.1, 0.15) is 33.1 Å². The van der Waals surface area contributed by atoms with Crippen LogP contribution in [0.2, 0.25) is 0 Å². The van der Waals surface area contributed by atoms with Gasteiger partial charge in [-0.3, -0.25) is 18.7 Å². The molecule has 1 aromatic carbocycles. The molecule has 32 heavy (non-hydrogen) atoms. The van der Waals surface area contributed by atoms with Crippen LogP contribution in [0, 0.1) is 0 Å². The number of aromatic nitrogens is 3. The van der Waals surface area contributed by atoms with Crippen LogP contribution in [0.25, 0.3) is 21.9 Å². The van der Waals surface area contributed by atoms with Crippen molar-refractivity contribution in [2.45, 2.75) is 58.3 Å². The van der Waals surface area contributed by atoms with E-state index in [9.17, 15) is 14.4 Å². The Labute approximate surface area is 185 Å². The first-order valence-electron chi connectivity index (χ1n) is 11.1. The van der Waals surface area contributed by atoms with Gasteiger partial charge in [0, 0.05) is 25.1 Å². The van der Waals surface area contributed by atoms with Gasteiger partial charge in [-0.15, -0.1) is 0 Å². The van der Waals surface area contributed by atoms with E-state index in [2.05, 4.69) is 5.32 Å². The summed E-state index contributed by atoms with van der Waals surface area (Å²) in [5.74, 6) is 0.335. The summed E-state index contributed by atoms with van der Waals surface area (Å²) in [7, 11) is 3.36. The van der Waals surface area contributed by atoms with Crippen LogP contribution in [0.5, 0.6) is 5.75 Å². The van der Waals surface area contributed by atoms with Gasteiger partial charge in [-0.1, -0.05) is 6.92 Å². The normalized spacial score (nSPS) is 17.2. The van der Waals surface area contributed by atoms with Crippen LogP contribution in [0.15, 0.2) is 27.8 Å². The maximum atomic E-state index is 13.5. The zero-order chi connectivity index (χ0) is 23.0. The number of amides is 1. The third-order valence-electron chi connectivity index (χ3n) is 6.29. The van der Waals surface area contributed by atoms with Gasteiger partial charge in [0.2, 0.25) is 5.91 Å². The number of carbonyl (C=O) groups excluding carboxylic acids is 1. The first-order valence-corrected chi connectivity index (χ1v) is 11.1. The average molecular weight is 443 g/mol. The number of nitrogens with zero attached hydrogens (tertiary/aromatic N) is 3. The van der Waals surface area contributed by atoms with E-state index in [1.807, 2.05) is 26.0 Å². The van der Waals surface area contributed by atoms with Crippen molar-refractivity contribution in [1.29, 1.82) is 0 Å². The number of ether oxygens (including phenoxy) is 2. The van der Waals surface area contributed by atoms with E-state index in [4.69, 9.17) is 9.47 Å². The Balaban J connectivity index is 1.97. The van der Waals surface area contributed by atoms with Crippen LogP contribution in [0.4, 0.5) is 0 Å². The minimum atomic E-state index is -0.507. The van der Waals surface area contributed by atoms with Crippen LogP contribution in [-0.2, 0) is 29.7 Å². The predicted octanol–water partition coefficient (Wildman–Crippen LogP) is 1.76. The number of hydrogen-bond donors (Lipinski definition) is 1. The monoisotopic (exact) mass is 442 g/mol. The second kappa shape index (κ2) is 8.82. The minimum Gasteiger partial charge on any atom is -0.497 e. The second-order valence-electron chi connectivity index (χ2n) is 8.44. The van der Waals surface area contributed by atoms with Gasteiger partial charge in [0.1, 0.15) is 17.8 Å². The molecule has 3 aromatic rings. The number of carbonyl (C=O) groups is 1. The molecule has 1 aliphatic heterocycles. The molecule has 1 fully saturated rings. The fourth-order valence-corrected chi connectivity index (χ4v) is 4.37. The van der Waals surface area contributed by atoms with Gasteiger partial charge in [-0.05, 0) is 44.4 Å². The predicted molar refractivity (Wildman–Crippen MR) is 122 cm³/mol. The molecule has 2 unspecified atom stereocenters. The van der Waals surface area contributed by atoms with E-state index in [1.165, 1.54) is 9.13 Å². The highest BCUT2D eigenvalue weighted by atomic mass is 16.5. The molecule has 9 heteroatoms. The van der Waals surface area contributed by atoms with Crippen molar-refractivity contribution in [1.82, 2.24) is 19.0 Å². The summed E-state index contributed by atoms with van der Waals surface area (Å²) in [5, 5.41) is 3.60. The molecule has 9 nitrogen and oxygen atoms in total. The Bertz CT molecular complexity index is 1280. The van der Waals surface area contributed by atoms with Gasteiger partial charge in [0.15, 0.2) is 0 Å². The van der Waals surface area contributed by atoms with Gasteiger partial charge in [0.25, 0.3) is 5.56 Å². The average Bonchev–Trinajstić information content (AvgIpc) is 3.40. The van der Waals surface area contributed by atoms with E-state index >= 15 is 0 Å². The number of methoxy groups -OCH3 is 1. The molecule has 1 saturated heterocycles. The Morgan fingerprint density at radius 3 is 2.72 bits per heavy atom. The number of fused-ring (bicyclic) bond motifs is 3. The van der Waals surface area contributed by atoms with Crippen molar-refractivity contribution in [3.63, 3.8) is 0 Å². The molecule has 2 aromatic heterocycles. The van der Waals surface area contributed by atoms with Crippen LogP contribution < -0.4 is 21.3 Å². The van der Waals surface area contributed by atoms with Crippen molar-refractivity contribution >= 4 is 27.8 Å². The first-order chi connectivity index (χ1) is 15.3. The summed E-state index contributed by atoms with van der Waals surface area (Å²) in [5.41, 5.74) is 0.717. The summed E-state index contributed by atoms with van der Waals surface area (Å²) in [6.45, 7) is 4.51. The molecular formula is C23H30N4O5. The molecule has 3 heterocycles. The first kappa shape index (κ1) is 22.1. The van der Waals surface area contributed by atoms with E-state index in [0.717, 1.165) is 24.8 Å². The minimum absolute atomic E-state index is 0.0147. The smallest absolute Gasteiger partial charge is 0.332 e. The zero-order valence-corrected chi connectivity index (χ0v) is 19.0. The van der Waals surface area contributed by atoms with Crippen molar-refractivity contribution in [3.8, 4) is 5.75 Å². The molecule has 172 valence electrons. The summed E-state index contributed by atoms with van der Waals surface area (Å²) in [4.78, 5) is 39.8. The van der Waals surface area contributed by atoms with E-state index in [0.29, 0.717) is 28.8 Å². The Morgan fingerprint density at radius 2 is 2.06 bits per heavy atom. The van der Waals surface area contributed by atoms with Crippen molar-refractivity contribution in [3.05, 3.63) is 39.0 Å². The fraction of sp³-hybridized carbons (Fsp3) is 0.522. The quantitative estimate of drug-likeness (QED) is 0.602. The molecule has 1 amide bonds. The maximum Gasteiger partial charge on any atom is 0.332 e. The van der Waals surface area contributed by atoms with Crippen LogP contribution in [0.3, 0.4) is 0 Å². The summed E-state index contributed by atoms with van der Waals surface area (Å²) in [6.07, 6.45) is 2.29. The summed E-state index contributed by atoms with van der Waals surface area (Å²) < 4.78 is 15.4. The van der Waals surface area contributed by atoms with Gasteiger partial charge >= 0.3 is 5.69 Å². The lowest BCUT2D eigenvalue weighted by Gasteiger charge is -2.17. The van der Waals surface area contributed by atoms with Crippen LogP contribution in [-0.4, -0.2) is 45.5 Å². The molecule has 1 N–H and O–H groups in total. The molecule has 1 aliphatic rings. The number of benzene rings is 1. The van der Waals surface area contributed by atoms with Crippen molar-refractivity contribution < 1.29 is 14.3 Å². The molecule has 0 bridgehead atoms. The van der Waals surface area contributed by atoms with Gasteiger partial charge < -0.3 is 19.4 Å². The Morgan fingerprint density at radius 1 is 1.28 bits per heavy atom. The third-order valence-corrected chi connectivity index (χ3v) is 6.29. The van der Waals surface area contributed by atoms with Crippen molar-refractivity contribution in [2.24, 2.45) is 7.05 Å². The van der Waals surface area contributed by atoms with Crippen molar-refractivity contribution in [2.75, 3.05) is 13.7 Å². The van der Waals surface area contributed by atoms with Gasteiger partial charge in [-0.25, -0.2) is 4.79 Å². The number of rotatable bonds is 7. The Kier molecular flexibility index (Phi) is 6.10. The number of hydrogen-bond acceptors (Lipinski definition) is 5. The lowest BCUT2D eigenvalue weighted by Crippen LogP contribution is -2.45. The van der Waals surface area contributed by atoms with Gasteiger partial charge in [-0.2, -0.15) is 0 Å². The highest BCUT2D eigenvalue weighted by molar-refractivity contribution is 6.06. The van der Waals surface area contributed by atoms with E-state index < -0.39 is 5.69 Å². The molecular weight excluding hydrogens is 412 g/mol. The summed E-state index contributed by atoms with van der Waals surface area (Å²) in [6, 6.07) is 5.44. The fourth-order valence-electron chi connectivity index (χ4n) is 4.37. The molecule has 0 saturated carbocycles. The standard InChI is InChI=1S/C23H30N4O5/c1-5-14(2)24-19(28)13-26-20-17-11-15(31-4)8-9-18(17)25(3)21(20)22(29)27(23(26)30)12-16-7-6-10-32-16/h8-9,11,14,16H,5-7,10,12-13H2,1-4H3,(H,24,28). The molecule has 0 aliphatic carbocycles. The molecule has 0 spiro atoms. The summed E-state index contributed by atoms with van der Waals surface area (Å²) >= 11 is 0. The molecule has 4 rings (SSSR count). The highest BCUT2D eigenvalue weighted by Gasteiger charge is 2.25. The van der Waals surface area contributed by atoms with Gasteiger partial charge in [0.05, 0.1) is 30.8 Å². The lowest BCUT2D eigenvalue weighted by atomic mass is 10.2. The Hall–Kier alpha value is -3.07. The van der Waals surface area contributed by atoms with E-state index in [-0.39, 0.29) is 36.7 Å². The SMILES string of the molecule is CCC(C)NC(=O)Cn1c(=O)n(CC2CCCO2)c(=O)c2c1c1cc(OC)ccc1n2C. The molecule has 2 atom stereocenters.